The van der Waals surface area contributed by atoms with E-state index in [1.807, 2.05) is 60.4 Å². The fourth-order valence-corrected chi connectivity index (χ4v) is 3.85. The SMILES string of the molecule is CCOc1ccccc1Oc1ccccc1C(=O)N1C[C@H]2CNC[C@H]2C1. The molecule has 2 atom stereocenters. The monoisotopic (exact) mass is 352 g/mol. The number of rotatable bonds is 5. The third-order valence-electron chi connectivity index (χ3n) is 5.16. The Morgan fingerprint density at radius 2 is 1.62 bits per heavy atom. The average molecular weight is 352 g/mol. The number of carbonyl (C=O) groups excluding carboxylic acids is 1. The van der Waals surface area contributed by atoms with Crippen molar-refractivity contribution in [1.29, 1.82) is 0 Å². The lowest BCUT2D eigenvalue weighted by Crippen LogP contribution is -2.32. The molecule has 0 saturated carbocycles. The summed E-state index contributed by atoms with van der Waals surface area (Å²) in [6.07, 6.45) is 0. The van der Waals surface area contributed by atoms with Crippen molar-refractivity contribution < 1.29 is 14.3 Å². The molecule has 1 amide bonds. The molecular formula is C21H24N2O3. The Morgan fingerprint density at radius 1 is 1.00 bits per heavy atom. The van der Waals surface area contributed by atoms with Crippen LogP contribution >= 0.6 is 0 Å². The van der Waals surface area contributed by atoms with Crippen molar-refractivity contribution in [3.63, 3.8) is 0 Å². The third kappa shape index (κ3) is 3.27. The average Bonchev–Trinajstić information content (AvgIpc) is 3.25. The van der Waals surface area contributed by atoms with Crippen LogP contribution in [0, 0.1) is 11.8 Å². The summed E-state index contributed by atoms with van der Waals surface area (Å²) in [4.78, 5) is 15.1. The highest BCUT2D eigenvalue weighted by atomic mass is 16.5. The smallest absolute Gasteiger partial charge is 0.257 e. The number of nitrogens with zero attached hydrogens (tertiary/aromatic N) is 1. The minimum absolute atomic E-state index is 0.0453. The topological polar surface area (TPSA) is 50.8 Å². The third-order valence-corrected chi connectivity index (χ3v) is 5.16. The molecule has 0 unspecified atom stereocenters. The molecule has 0 radical (unpaired) electrons. The predicted octanol–water partition coefficient (Wildman–Crippen LogP) is 3.17. The molecule has 0 aromatic heterocycles. The van der Waals surface area contributed by atoms with Gasteiger partial charge in [-0.15, -0.1) is 0 Å². The molecule has 5 heteroatoms. The first-order valence-electron chi connectivity index (χ1n) is 9.25. The molecule has 0 spiro atoms. The lowest BCUT2D eigenvalue weighted by Gasteiger charge is -2.20. The number of hydrogen-bond donors (Lipinski definition) is 1. The van der Waals surface area contributed by atoms with Crippen LogP contribution in [0.25, 0.3) is 0 Å². The second-order valence-electron chi connectivity index (χ2n) is 6.87. The molecule has 2 fully saturated rings. The van der Waals surface area contributed by atoms with Gasteiger partial charge in [0, 0.05) is 26.2 Å². The minimum atomic E-state index is 0.0453. The number of amides is 1. The summed E-state index contributed by atoms with van der Waals surface area (Å²) in [5, 5.41) is 3.41. The fraction of sp³-hybridized carbons (Fsp3) is 0.381. The van der Waals surface area contributed by atoms with Crippen LogP contribution in [0.5, 0.6) is 17.2 Å². The van der Waals surface area contributed by atoms with Crippen LogP contribution in [0.4, 0.5) is 0 Å². The van der Waals surface area contributed by atoms with Gasteiger partial charge in [-0.1, -0.05) is 24.3 Å². The molecule has 2 saturated heterocycles. The van der Waals surface area contributed by atoms with Crippen molar-refractivity contribution in [3.8, 4) is 17.2 Å². The molecule has 0 bridgehead atoms. The van der Waals surface area contributed by atoms with E-state index >= 15 is 0 Å². The fourth-order valence-electron chi connectivity index (χ4n) is 3.85. The molecular weight excluding hydrogens is 328 g/mol. The van der Waals surface area contributed by atoms with Crippen LogP contribution in [-0.4, -0.2) is 43.6 Å². The number of likely N-dealkylation sites (tertiary alicyclic amines) is 1. The van der Waals surface area contributed by atoms with Crippen LogP contribution in [0.1, 0.15) is 17.3 Å². The number of ether oxygens (including phenoxy) is 2. The first kappa shape index (κ1) is 16.9. The maximum atomic E-state index is 13.1. The molecule has 4 rings (SSSR count). The van der Waals surface area contributed by atoms with Gasteiger partial charge in [-0.25, -0.2) is 0 Å². The molecule has 26 heavy (non-hydrogen) atoms. The molecule has 2 aromatic carbocycles. The summed E-state index contributed by atoms with van der Waals surface area (Å²) < 4.78 is 11.7. The second kappa shape index (κ2) is 7.38. The van der Waals surface area contributed by atoms with Gasteiger partial charge in [0.1, 0.15) is 5.75 Å². The molecule has 136 valence electrons. The van der Waals surface area contributed by atoms with E-state index in [4.69, 9.17) is 9.47 Å². The first-order chi connectivity index (χ1) is 12.8. The molecule has 2 heterocycles. The maximum Gasteiger partial charge on any atom is 0.257 e. The van der Waals surface area contributed by atoms with E-state index in [2.05, 4.69) is 5.32 Å². The van der Waals surface area contributed by atoms with E-state index in [0.29, 0.717) is 41.3 Å². The van der Waals surface area contributed by atoms with Crippen LogP contribution in [-0.2, 0) is 0 Å². The molecule has 0 aliphatic carbocycles. The highest BCUT2D eigenvalue weighted by molar-refractivity contribution is 5.97. The molecule has 2 aliphatic heterocycles. The van der Waals surface area contributed by atoms with E-state index in [9.17, 15) is 4.79 Å². The number of hydrogen-bond acceptors (Lipinski definition) is 4. The van der Waals surface area contributed by atoms with Crippen LogP contribution in [0.15, 0.2) is 48.5 Å². The Morgan fingerprint density at radius 3 is 2.31 bits per heavy atom. The quantitative estimate of drug-likeness (QED) is 0.898. The van der Waals surface area contributed by atoms with Gasteiger partial charge in [0.15, 0.2) is 11.5 Å². The van der Waals surface area contributed by atoms with E-state index < -0.39 is 0 Å². The number of nitrogens with one attached hydrogen (secondary N) is 1. The van der Waals surface area contributed by atoms with Gasteiger partial charge in [-0.05, 0) is 43.0 Å². The van der Waals surface area contributed by atoms with E-state index in [-0.39, 0.29) is 5.91 Å². The Balaban J connectivity index is 1.56. The van der Waals surface area contributed by atoms with Crippen LogP contribution in [0.2, 0.25) is 0 Å². The highest BCUT2D eigenvalue weighted by Gasteiger charge is 2.38. The van der Waals surface area contributed by atoms with Gasteiger partial charge in [0.2, 0.25) is 0 Å². The Bertz CT molecular complexity index is 780. The van der Waals surface area contributed by atoms with Gasteiger partial charge in [0.25, 0.3) is 5.91 Å². The lowest BCUT2D eigenvalue weighted by atomic mass is 10.0. The summed E-state index contributed by atoms with van der Waals surface area (Å²) >= 11 is 0. The van der Waals surface area contributed by atoms with Crippen molar-refractivity contribution in [2.24, 2.45) is 11.8 Å². The molecule has 1 N–H and O–H groups in total. The van der Waals surface area contributed by atoms with Crippen molar-refractivity contribution in [1.82, 2.24) is 10.2 Å². The normalized spacial score (nSPS) is 21.5. The minimum Gasteiger partial charge on any atom is -0.490 e. The van der Waals surface area contributed by atoms with Crippen molar-refractivity contribution >= 4 is 5.91 Å². The van der Waals surface area contributed by atoms with E-state index in [1.54, 1.807) is 0 Å². The zero-order chi connectivity index (χ0) is 17.9. The van der Waals surface area contributed by atoms with E-state index in [1.165, 1.54) is 0 Å². The molecule has 2 aromatic rings. The number of fused-ring (bicyclic) bond motifs is 1. The van der Waals surface area contributed by atoms with Crippen molar-refractivity contribution in [3.05, 3.63) is 54.1 Å². The second-order valence-corrected chi connectivity index (χ2v) is 6.87. The summed E-state index contributed by atoms with van der Waals surface area (Å²) in [6, 6.07) is 15.0. The zero-order valence-electron chi connectivity index (χ0n) is 15.0. The molecule has 2 aliphatic rings. The summed E-state index contributed by atoms with van der Waals surface area (Å²) in [7, 11) is 0. The van der Waals surface area contributed by atoms with Gasteiger partial charge in [0.05, 0.1) is 12.2 Å². The largest absolute Gasteiger partial charge is 0.490 e. The number of benzene rings is 2. The Labute approximate surface area is 153 Å². The lowest BCUT2D eigenvalue weighted by molar-refractivity contribution is 0.0779. The van der Waals surface area contributed by atoms with Gasteiger partial charge >= 0.3 is 0 Å². The van der Waals surface area contributed by atoms with Crippen molar-refractivity contribution in [2.45, 2.75) is 6.92 Å². The van der Waals surface area contributed by atoms with Crippen LogP contribution < -0.4 is 14.8 Å². The first-order valence-corrected chi connectivity index (χ1v) is 9.25. The predicted molar refractivity (Wildman–Crippen MR) is 99.9 cm³/mol. The standard InChI is InChI=1S/C21H24N2O3/c1-2-25-19-9-5-6-10-20(19)26-18-8-4-3-7-17(18)21(24)23-13-15-11-22-12-16(15)14-23/h3-10,15-16,22H,2,11-14H2,1H3/t15-,16+. The summed E-state index contributed by atoms with van der Waals surface area (Å²) in [5.74, 6) is 3.07. The summed E-state index contributed by atoms with van der Waals surface area (Å²) in [6.45, 7) is 6.16. The maximum absolute atomic E-state index is 13.1. The highest BCUT2D eigenvalue weighted by Crippen LogP contribution is 2.34. The molecule has 5 nitrogen and oxygen atoms in total. The van der Waals surface area contributed by atoms with Gasteiger partial charge in [-0.3, -0.25) is 4.79 Å². The zero-order valence-corrected chi connectivity index (χ0v) is 15.0. The number of carbonyl (C=O) groups is 1. The van der Waals surface area contributed by atoms with Gasteiger partial charge < -0.3 is 19.7 Å². The Kier molecular flexibility index (Phi) is 4.80. The summed E-state index contributed by atoms with van der Waals surface area (Å²) in [5.41, 5.74) is 0.603. The van der Waals surface area contributed by atoms with Crippen LogP contribution in [0.3, 0.4) is 0 Å². The van der Waals surface area contributed by atoms with Crippen molar-refractivity contribution in [2.75, 3.05) is 32.8 Å². The Hall–Kier alpha value is -2.53. The van der Waals surface area contributed by atoms with Gasteiger partial charge in [-0.2, -0.15) is 0 Å². The van der Waals surface area contributed by atoms with E-state index in [0.717, 1.165) is 26.2 Å². The number of para-hydroxylation sites is 3.